The first-order chi connectivity index (χ1) is 9.36. The molecule has 0 amide bonds. The lowest BCUT2D eigenvalue weighted by Gasteiger charge is -2.02. The highest BCUT2D eigenvalue weighted by Gasteiger charge is 2.20. The summed E-state index contributed by atoms with van der Waals surface area (Å²) in [5.41, 5.74) is 4.98. The van der Waals surface area contributed by atoms with Gasteiger partial charge in [0.15, 0.2) is 0 Å². The van der Waals surface area contributed by atoms with E-state index in [-0.39, 0.29) is 0 Å². The molecular formula is C16H15N3. The Morgan fingerprint density at radius 2 is 1.68 bits per heavy atom. The average Bonchev–Trinajstić information content (AvgIpc) is 2.71. The highest BCUT2D eigenvalue weighted by Crippen LogP contribution is 2.26. The van der Waals surface area contributed by atoms with Crippen molar-refractivity contribution in [3.8, 4) is 0 Å². The first kappa shape index (κ1) is 10.6. The first-order valence-corrected chi connectivity index (χ1v) is 6.61. The van der Waals surface area contributed by atoms with E-state index in [0.717, 1.165) is 24.3 Å². The summed E-state index contributed by atoms with van der Waals surface area (Å²) >= 11 is 0. The summed E-state index contributed by atoms with van der Waals surface area (Å²) in [6.07, 6.45) is 18.9. The van der Waals surface area contributed by atoms with Crippen molar-refractivity contribution in [2.24, 2.45) is 7.05 Å². The summed E-state index contributed by atoms with van der Waals surface area (Å²) in [7, 11) is 2.09. The van der Waals surface area contributed by atoms with Gasteiger partial charge in [0.25, 0.3) is 0 Å². The van der Waals surface area contributed by atoms with Crippen LogP contribution in [0.25, 0.3) is 17.9 Å². The van der Waals surface area contributed by atoms with E-state index in [2.05, 4.69) is 64.6 Å². The van der Waals surface area contributed by atoms with Gasteiger partial charge in [0.2, 0.25) is 5.78 Å². The van der Waals surface area contributed by atoms with Crippen molar-refractivity contribution in [3.63, 3.8) is 0 Å². The van der Waals surface area contributed by atoms with Gasteiger partial charge in [-0.15, -0.1) is 0 Å². The Kier molecular flexibility index (Phi) is 2.15. The van der Waals surface area contributed by atoms with E-state index >= 15 is 0 Å². The molecule has 2 aliphatic carbocycles. The molecule has 0 fully saturated rings. The number of rotatable bonds is 0. The molecule has 0 bridgehead atoms. The third-order valence-corrected chi connectivity index (χ3v) is 3.84. The molecule has 2 heterocycles. The van der Waals surface area contributed by atoms with Gasteiger partial charge in [-0.2, -0.15) is 0 Å². The van der Waals surface area contributed by atoms with E-state index in [1.807, 2.05) is 0 Å². The van der Waals surface area contributed by atoms with E-state index in [0.29, 0.717) is 0 Å². The lowest BCUT2D eigenvalue weighted by Crippen LogP contribution is -1.98. The second-order valence-electron chi connectivity index (χ2n) is 4.95. The number of fused-ring (bicyclic) bond motifs is 5. The smallest absolute Gasteiger partial charge is 0.215 e. The molecule has 2 aromatic rings. The molecule has 0 N–H and O–H groups in total. The molecule has 0 atom stereocenters. The molecule has 0 aliphatic heterocycles. The fraction of sp³-hybridized carbons (Fsp3) is 0.188. The first-order valence-electron chi connectivity index (χ1n) is 6.61. The summed E-state index contributed by atoms with van der Waals surface area (Å²) < 4.78 is 4.51. The van der Waals surface area contributed by atoms with Gasteiger partial charge in [0.05, 0.1) is 22.8 Å². The van der Waals surface area contributed by atoms with Gasteiger partial charge in [-0.1, -0.05) is 36.5 Å². The van der Waals surface area contributed by atoms with Gasteiger partial charge in [-0.25, -0.2) is 4.98 Å². The Morgan fingerprint density at radius 3 is 2.53 bits per heavy atom. The van der Waals surface area contributed by atoms with Crippen LogP contribution in [0.3, 0.4) is 0 Å². The molecule has 3 nitrogen and oxygen atoms in total. The molecule has 0 aromatic carbocycles. The zero-order chi connectivity index (χ0) is 12.8. The van der Waals surface area contributed by atoms with Crippen LogP contribution >= 0.6 is 0 Å². The predicted octanol–water partition coefficient (Wildman–Crippen LogP) is 2.92. The molecule has 94 valence electrons. The van der Waals surface area contributed by atoms with E-state index < -0.39 is 0 Å². The van der Waals surface area contributed by atoms with Crippen LogP contribution in [-0.4, -0.2) is 14.0 Å². The topological polar surface area (TPSA) is 22.2 Å². The second kappa shape index (κ2) is 3.85. The van der Waals surface area contributed by atoms with Gasteiger partial charge in [-0.05, 0) is 12.2 Å². The molecule has 0 saturated heterocycles. The number of aryl methyl sites for hydroxylation is 1. The number of hydrogen-bond acceptors (Lipinski definition) is 1. The Morgan fingerprint density at radius 1 is 0.947 bits per heavy atom. The maximum Gasteiger partial charge on any atom is 0.215 e. The lowest BCUT2D eigenvalue weighted by atomic mass is 10.2. The number of imidazole rings is 2. The fourth-order valence-electron chi connectivity index (χ4n) is 2.93. The van der Waals surface area contributed by atoms with Gasteiger partial charge in [0.1, 0.15) is 0 Å². The summed E-state index contributed by atoms with van der Waals surface area (Å²) in [5.74, 6) is 1.04. The third-order valence-electron chi connectivity index (χ3n) is 3.84. The highest BCUT2D eigenvalue weighted by atomic mass is 15.2. The third kappa shape index (κ3) is 1.41. The maximum absolute atomic E-state index is 4.79. The van der Waals surface area contributed by atoms with Gasteiger partial charge >= 0.3 is 0 Å². The minimum Gasteiger partial charge on any atom is -0.313 e. The molecule has 0 spiro atoms. The Hall–Kier alpha value is -2.29. The largest absolute Gasteiger partial charge is 0.313 e. The lowest BCUT2D eigenvalue weighted by molar-refractivity contribution is 0.923. The number of aromatic nitrogens is 3. The number of nitrogens with zero attached hydrogens (tertiary/aromatic N) is 3. The zero-order valence-corrected chi connectivity index (χ0v) is 10.9. The maximum atomic E-state index is 4.79. The van der Waals surface area contributed by atoms with Crippen LogP contribution in [0, 0.1) is 0 Å². The van der Waals surface area contributed by atoms with Crippen LogP contribution in [0.1, 0.15) is 22.8 Å². The molecule has 2 aliphatic rings. The minimum absolute atomic E-state index is 0.938. The van der Waals surface area contributed by atoms with Crippen molar-refractivity contribution in [2.45, 2.75) is 12.8 Å². The van der Waals surface area contributed by atoms with Crippen LogP contribution in [0.5, 0.6) is 0 Å². The Bertz CT molecular complexity index is 779. The Labute approximate surface area is 111 Å². The van der Waals surface area contributed by atoms with Gasteiger partial charge in [0, 0.05) is 19.9 Å². The summed E-state index contributed by atoms with van der Waals surface area (Å²) in [4.78, 5) is 4.79. The summed E-state index contributed by atoms with van der Waals surface area (Å²) in [5, 5.41) is 0. The molecule has 2 aromatic heterocycles. The predicted molar refractivity (Wildman–Crippen MR) is 77.9 cm³/mol. The molecular weight excluding hydrogens is 234 g/mol. The normalized spacial score (nSPS) is 16.5. The van der Waals surface area contributed by atoms with Crippen molar-refractivity contribution in [1.29, 1.82) is 0 Å². The molecule has 0 saturated carbocycles. The number of hydrogen-bond donors (Lipinski definition) is 0. The van der Waals surface area contributed by atoms with Crippen molar-refractivity contribution >= 4 is 17.9 Å². The van der Waals surface area contributed by atoms with Crippen LogP contribution in [-0.2, 0) is 19.9 Å². The van der Waals surface area contributed by atoms with Crippen molar-refractivity contribution in [2.75, 3.05) is 0 Å². The van der Waals surface area contributed by atoms with Crippen molar-refractivity contribution in [1.82, 2.24) is 14.0 Å². The van der Waals surface area contributed by atoms with Crippen LogP contribution in [0.2, 0.25) is 0 Å². The SMILES string of the molecule is Cn1c2c(n3c4c(nc13)C=CC=CC4)CC=CC=C2. The highest BCUT2D eigenvalue weighted by molar-refractivity contribution is 5.63. The number of allylic oxidation sites excluding steroid dienone is 6. The van der Waals surface area contributed by atoms with E-state index in [4.69, 9.17) is 4.98 Å². The molecule has 0 radical (unpaired) electrons. The molecule has 3 heteroatoms. The van der Waals surface area contributed by atoms with E-state index in [1.54, 1.807) is 0 Å². The standard InChI is InChI=1S/C16H15N3/c1-18-14-10-6-3-7-11-15(14)19-13-9-5-2-4-8-12(13)17-16(18)19/h2-8,10H,9,11H2,1H3. The van der Waals surface area contributed by atoms with Crippen LogP contribution < -0.4 is 0 Å². The molecule has 0 unspecified atom stereocenters. The van der Waals surface area contributed by atoms with Gasteiger partial charge in [-0.3, -0.25) is 4.40 Å². The summed E-state index contributed by atoms with van der Waals surface area (Å²) in [6, 6.07) is 0. The second-order valence-corrected chi connectivity index (χ2v) is 4.95. The van der Waals surface area contributed by atoms with E-state index in [1.165, 1.54) is 17.1 Å². The minimum atomic E-state index is 0.938. The Balaban J connectivity index is 2.10. The fourth-order valence-corrected chi connectivity index (χ4v) is 2.93. The van der Waals surface area contributed by atoms with E-state index in [9.17, 15) is 0 Å². The summed E-state index contributed by atoms with van der Waals surface area (Å²) in [6.45, 7) is 0. The van der Waals surface area contributed by atoms with Crippen LogP contribution in [0.4, 0.5) is 0 Å². The quantitative estimate of drug-likeness (QED) is 0.703. The zero-order valence-electron chi connectivity index (χ0n) is 10.9. The molecule has 19 heavy (non-hydrogen) atoms. The monoisotopic (exact) mass is 249 g/mol. The average molecular weight is 249 g/mol. The van der Waals surface area contributed by atoms with Gasteiger partial charge < -0.3 is 4.57 Å². The molecule has 4 rings (SSSR count). The van der Waals surface area contributed by atoms with Crippen LogP contribution in [0.15, 0.2) is 36.5 Å². The van der Waals surface area contributed by atoms with Crippen molar-refractivity contribution in [3.05, 3.63) is 59.2 Å². The van der Waals surface area contributed by atoms with Crippen molar-refractivity contribution < 1.29 is 0 Å².